The average molecular weight is 548 g/mol. The molecule has 2 N–H and O–H groups in total. The highest BCUT2D eigenvalue weighted by atomic mass is 79.9. The second-order valence-corrected chi connectivity index (χ2v) is 9.03. The van der Waals surface area contributed by atoms with Crippen LogP contribution >= 0.6 is 31.9 Å². The Bertz CT molecular complexity index is 1120. The van der Waals surface area contributed by atoms with E-state index in [0.29, 0.717) is 37.1 Å². The fourth-order valence-corrected chi connectivity index (χ4v) is 4.59. The van der Waals surface area contributed by atoms with E-state index in [1.807, 2.05) is 19.9 Å². The summed E-state index contributed by atoms with van der Waals surface area (Å²) in [6, 6.07) is 15.2. The Kier molecular flexibility index (Phi) is 7.18. The molecule has 0 heterocycles. The van der Waals surface area contributed by atoms with E-state index in [4.69, 9.17) is 9.84 Å². The van der Waals surface area contributed by atoms with Crippen molar-refractivity contribution in [2.24, 2.45) is 0 Å². The maximum Gasteiger partial charge on any atom is 0.307 e. The first-order chi connectivity index (χ1) is 14.7. The number of aliphatic carboxylic acids is 1. The summed E-state index contributed by atoms with van der Waals surface area (Å²) in [7, 11) is 0. The lowest BCUT2D eigenvalue weighted by atomic mass is 9.96. The van der Waals surface area contributed by atoms with Crippen LogP contribution in [0.2, 0.25) is 0 Å². The predicted octanol–water partition coefficient (Wildman–Crippen LogP) is 6.69. The van der Waals surface area contributed by atoms with Crippen LogP contribution in [0.1, 0.15) is 46.8 Å². The summed E-state index contributed by atoms with van der Waals surface area (Å²) < 4.78 is 7.22. The molecule has 0 amide bonds. The lowest BCUT2D eigenvalue weighted by Crippen LogP contribution is -2.06. The highest BCUT2D eigenvalue weighted by molar-refractivity contribution is 9.11. The Morgan fingerprint density at radius 2 is 1.61 bits per heavy atom. The number of carbonyl (C=O) groups is 2. The van der Waals surface area contributed by atoms with Gasteiger partial charge in [0.15, 0.2) is 11.5 Å². The minimum atomic E-state index is -0.941. The molecule has 3 aromatic rings. The molecule has 0 aliphatic carbocycles. The van der Waals surface area contributed by atoms with E-state index < -0.39 is 5.97 Å². The molecule has 0 aliphatic rings. The summed E-state index contributed by atoms with van der Waals surface area (Å²) in [4.78, 5) is 24.2. The van der Waals surface area contributed by atoms with E-state index in [1.165, 1.54) is 6.07 Å². The quantitative estimate of drug-likeness (QED) is 0.322. The molecule has 0 aromatic heterocycles. The predicted molar refractivity (Wildman–Crippen MR) is 125 cm³/mol. The second kappa shape index (κ2) is 9.66. The number of hydrogen-bond acceptors (Lipinski definition) is 4. The number of rotatable bonds is 7. The van der Waals surface area contributed by atoms with E-state index in [1.54, 1.807) is 42.5 Å². The fourth-order valence-electron chi connectivity index (χ4n) is 3.15. The first kappa shape index (κ1) is 23.0. The number of phenols is 1. The summed E-state index contributed by atoms with van der Waals surface area (Å²) in [6.07, 6.45) is -0.133. The van der Waals surface area contributed by atoms with Gasteiger partial charge in [0, 0.05) is 11.1 Å². The normalized spacial score (nSPS) is 10.9. The summed E-state index contributed by atoms with van der Waals surface area (Å²) in [5.41, 5.74) is 1.93. The van der Waals surface area contributed by atoms with Crippen LogP contribution in [-0.4, -0.2) is 22.0 Å². The Morgan fingerprint density at radius 1 is 1.00 bits per heavy atom. The third kappa shape index (κ3) is 5.35. The number of aromatic hydroxyl groups is 1. The second-order valence-electron chi connectivity index (χ2n) is 7.32. The van der Waals surface area contributed by atoms with Crippen LogP contribution in [0, 0.1) is 0 Å². The number of benzene rings is 3. The van der Waals surface area contributed by atoms with Gasteiger partial charge >= 0.3 is 5.97 Å². The first-order valence-corrected chi connectivity index (χ1v) is 11.1. The molecule has 3 aromatic carbocycles. The number of carboxylic acids is 1. The molecule has 0 radical (unpaired) electrons. The number of halogens is 2. The van der Waals surface area contributed by atoms with Crippen LogP contribution in [0.5, 0.6) is 17.2 Å². The van der Waals surface area contributed by atoms with E-state index >= 15 is 0 Å². The zero-order chi connectivity index (χ0) is 22.7. The van der Waals surface area contributed by atoms with Crippen molar-refractivity contribution >= 4 is 43.6 Å². The standard InChI is InChI=1S/C24H20Br2O5/c1-13(2)16-12-21(17(11-20(16)27)23(30)15-6-4-3-5-7-15)31-24-18(25)8-14(9-19(24)26)10-22(28)29/h3-9,11-13,27H,10H2,1-2H3,(H,28,29). The average Bonchev–Trinajstić information content (AvgIpc) is 2.70. The monoisotopic (exact) mass is 546 g/mol. The molecule has 7 heteroatoms. The van der Waals surface area contributed by atoms with Crippen LogP contribution in [-0.2, 0) is 11.2 Å². The van der Waals surface area contributed by atoms with Crippen LogP contribution in [0.15, 0.2) is 63.5 Å². The largest absolute Gasteiger partial charge is 0.508 e. The van der Waals surface area contributed by atoms with Crippen molar-refractivity contribution in [3.63, 3.8) is 0 Å². The highest BCUT2D eigenvalue weighted by Crippen LogP contribution is 2.42. The molecular formula is C24H20Br2O5. The summed E-state index contributed by atoms with van der Waals surface area (Å²) >= 11 is 6.86. The van der Waals surface area contributed by atoms with Crippen molar-refractivity contribution in [3.8, 4) is 17.2 Å². The number of hydrogen-bond donors (Lipinski definition) is 2. The van der Waals surface area contributed by atoms with Crippen LogP contribution in [0.25, 0.3) is 0 Å². The SMILES string of the molecule is CC(C)c1cc(Oc2c(Br)cc(CC(=O)O)cc2Br)c(C(=O)c2ccccc2)cc1O. The zero-order valence-electron chi connectivity index (χ0n) is 16.9. The number of carbonyl (C=O) groups excluding carboxylic acids is 1. The van der Waals surface area contributed by atoms with E-state index in [9.17, 15) is 14.7 Å². The maximum absolute atomic E-state index is 13.2. The Balaban J connectivity index is 2.10. The van der Waals surface area contributed by atoms with Crippen LogP contribution in [0.4, 0.5) is 0 Å². The Morgan fingerprint density at radius 3 is 2.16 bits per heavy atom. The molecule has 0 spiro atoms. The molecule has 0 aliphatic heterocycles. The molecule has 31 heavy (non-hydrogen) atoms. The van der Waals surface area contributed by atoms with Gasteiger partial charge in [-0.1, -0.05) is 44.2 Å². The van der Waals surface area contributed by atoms with Crippen LogP contribution in [0.3, 0.4) is 0 Å². The van der Waals surface area contributed by atoms with Gasteiger partial charge in [0.1, 0.15) is 11.5 Å². The topological polar surface area (TPSA) is 83.8 Å². The molecule has 0 unspecified atom stereocenters. The lowest BCUT2D eigenvalue weighted by molar-refractivity contribution is -0.136. The smallest absolute Gasteiger partial charge is 0.307 e. The fraction of sp³-hybridized carbons (Fsp3) is 0.167. The van der Waals surface area contributed by atoms with Gasteiger partial charge in [0.05, 0.1) is 20.9 Å². The molecule has 0 saturated carbocycles. The van der Waals surface area contributed by atoms with E-state index in [0.717, 1.165) is 0 Å². The molecule has 5 nitrogen and oxygen atoms in total. The molecule has 0 fully saturated rings. The van der Waals surface area contributed by atoms with Crippen LogP contribution < -0.4 is 4.74 Å². The van der Waals surface area contributed by atoms with E-state index in [2.05, 4.69) is 31.9 Å². The van der Waals surface area contributed by atoms with Gasteiger partial charge in [0.25, 0.3) is 0 Å². The van der Waals surface area contributed by atoms with Gasteiger partial charge in [-0.3, -0.25) is 9.59 Å². The van der Waals surface area contributed by atoms with Crippen molar-refractivity contribution in [2.75, 3.05) is 0 Å². The summed E-state index contributed by atoms with van der Waals surface area (Å²) in [5.74, 6) is -0.497. The van der Waals surface area contributed by atoms with Gasteiger partial charge in [-0.05, 0) is 67.6 Å². The molecule has 0 bridgehead atoms. The molecule has 0 atom stereocenters. The Labute approximate surface area is 196 Å². The van der Waals surface area contributed by atoms with Gasteiger partial charge in [-0.15, -0.1) is 0 Å². The number of ketones is 1. The van der Waals surface area contributed by atoms with Gasteiger partial charge in [-0.2, -0.15) is 0 Å². The first-order valence-electron chi connectivity index (χ1n) is 9.51. The van der Waals surface area contributed by atoms with Gasteiger partial charge < -0.3 is 14.9 Å². The summed E-state index contributed by atoms with van der Waals surface area (Å²) in [5, 5.41) is 19.5. The van der Waals surface area contributed by atoms with Crippen molar-refractivity contribution < 1.29 is 24.5 Å². The zero-order valence-corrected chi connectivity index (χ0v) is 20.0. The molecule has 160 valence electrons. The van der Waals surface area contributed by atoms with Gasteiger partial charge in [0.2, 0.25) is 0 Å². The Hall–Kier alpha value is -2.64. The molecule has 0 saturated heterocycles. The number of phenolic OH excluding ortho intramolecular Hbond substituents is 1. The number of carboxylic acid groups (broad SMARTS) is 1. The van der Waals surface area contributed by atoms with Crippen molar-refractivity contribution in [3.05, 3.63) is 85.8 Å². The van der Waals surface area contributed by atoms with Crippen molar-refractivity contribution in [1.29, 1.82) is 0 Å². The number of ether oxygens (including phenoxy) is 1. The maximum atomic E-state index is 13.2. The lowest BCUT2D eigenvalue weighted by Gasteiger charge is -2.18. The third-order valence-corrected chi connectivity index (χ3v) is 5.84. The molecular weight excluding hydrogens is 528 g/mol. The minimum absolute atomic E-state index is 0.00745. The minimum Gasteiger partial charge on any atom is -0.508 e. The highest BCUT2D eigenvalue weighted by Gasteiger charge is 2.22. The van der Waals surface area contributed by atoms with Crippen molar-refractivity contribution in [2.45, 2.75) is 26.2 Å². The van der Waals surface area contributed by atoms with Crippen molar-refractivity contribution in [1.82, 2.24) is 0 Å². The molecule has 3 rings (SSSR count). The summed E-state index contributed by atoms with van der Waals surface area (Å²) in [6.45, 7) is 3.87. The third-order valence-electron chi connectivity index (χ3n) is 4.66. The van der Waals surface area contributed by atoms with E-state index in [-0.39, 0.29) is 29.4 Å². The van der Waals surface area contributed by atoms with Gasteiger partial charge in [-0.25, -0.2) is 0 Å².